The molecular formula is C13H16F3NO2S. The van der Waals surface area contributed by atoms with Gasteiger partial charge in [-0.2, -0.15) is 13.2 Å². The number of hydrogen-bond donors (Lipinski definition) is 1. The zero-order valence-electron chi connectivity index (χ0n) is 11.0. The Hall–Kier alpha value is -1.08. The normalized spacial score (nSPS) is 25.2. The number of halogens is 3. The minimum Gasteiger partial charge on any atom is -0.300 e. The highest BCUT2D eigenvalue weighted by Gasteiger charge is 2.59. The Balaban J connectivity index is 2.66. The molecule has 1 aromatic rings. The van der Waals surface area contributed by atoms with Crippen molar-refractivity contribution in [2.24, 2.45) is 0 Å². The Morgan fingerprint density at radius 3 is 2.55 bits per heavy atom. The second-order valence-electron chi connectivity index (χ2n) is 4.89. The highest BCUT2D eigenvalue weighted by Crippen LogP contribution is 2.47. The summed E-state index contributed by atoms with van der Waals surface area (Å²) in [4.78, 5) is -0.216. The van der Waals surface area contributed by atoms with Crippen LogP contribution in [-0.2, 0) is 15.4 Å². The van der Waals surface area contributed by atoms with Gasteiger partial charge in [-0.1, -0.05) is 25.1 Å². The quantitative estimate of drug-likeness (QED) is 0.934. The fraction of sp³-hybridized carbons (Fsp3) is 0.538. The van der Waals surface area contributed by atoms with Gasteiger partial charge in [0, 0.05) is 0 Å². The zero-order valence-corrected chi connectivity index (χ0v) is 11.8. The number of alkyl halides is 3. The van der Waals surface area contributed by atoms with Crippen LogP contribution in [0.4, 0.5) is 13.2 Å². The van der Waals surface area contributed by atoms with E-state index in [1.165, 1.54) is 24.3 Å². The summed E-state index contributed by atoms with van der Waals surface area (Å²) in [5.41, 5.74) is -2.46. The van der Waals surface area contributed by atoms with Crippen molar-refractivity contribution in [2.75, 3.05) is 12.3 Å². The number of benzene rings is 1. The molecule has 112 valence electrons. The van der Waals surface area contributed by atoms with Crippen LogP contribution in [0.25, 0.3) is 0 Å². The maximum absolute atomic E-state index is 13.6. The van der Waals surface area contributed by atoms with E-state index in [1.807, 2.05) is 0 Å². The summed E-state index contributed by atoms with van der Waals surface area (Å²) in [5, 5.41) is 2.53. The molecule has 1 unspecified atom stereocenters. The minimum absolute atomic E-state index is 0.174. The standard InChI is InChI=1S/C13H16F3NO2S/c1-2-8-17-12(13(14,15)16)7-9-20(18,19)11-6-4-3-5-10(11)12/h3-6,17H,2,7-9H2,1H3. The molecule has 0 saturated carbocycles. The van der Waals surface area contributed by atoms with Gasteiger partial charge in [0.25, 0.3) is 0 Å². The Labute approximate surface area is 116 Å². The lowest BCUT2D eigenvalue weighted by Gasteiger charge is -2.41. The van der Waals surface area contributed by atoms with Crippen LogP contribution in [0.3, 0.4) is 0 Å². The third-order valence-corrected chi connectivity index (χ3v) is 5.36. The summed E-state index contributed by atoms with van der Waals surface area (Å²) in [6, 6.07) is 5.39. The Morgan fingerprint density at radius 2 is 1.95 bits per heavy atom. The third-order valence-electron chi connectivity index (χ3n) is 3.59. The molecule has 1 aliphatic heterocycles. The van der Waals surface area contributed by atoms with Crippen LogP contribution in [0.2, 0.25) is 0 Å². The lowest BCUT2D eigenvalue weighted by atomic mass is 9.85. The summed E-state index contributed by atoms with van der Waals surface area (Å²) >= 11 is 0. The van der Waals surface area contributed by atoms with Crippen molar-refractivity contribution >= 4 is 9.84 Å². The molecule has 0 radical (unpaired) electrons. The number of rotatable bonds is 3. The van der Waals surface area contributed by atoms with E-state index in [2.05, 4.69) is 5.32 Å². The highest BCUT2D eigenvalue weighted by molar-refractivity contribution is 7.91. The predicted molar refractivity (Wildman–Crippen MR) is 69.1 cm³/mol. The number of fused-ring (bicyclic) bond motifs is 1. The molecule has 0 saturated heterocycles. The van der Waals surface area contributed by atoms with Crippen LogP contribution >= 0.6 is 0 Å². The monoisotopic (exact) mass is 307 g/mol. The first-order valence-electron chi connectivity index (χ1n) is 6.38. The lowest BCUT2D eigenvalue weighted by molar-refractivity contribution is -0.203. The number of sulfone groups is 1. The van der Waals surface area contributed by atoms with Crippen molar-refractivity contribution in [1.29, 1.82) is 0 Å². The van der Waals surface area contributed by atoms with E-state index in [0.717, 1.165) is 0 Å². The van der Waals surface area contributed by atoms with Gasteiger partial charge in [-0.3, -0.25) is 5.32 Å². The second kappa shape index (κ2) is 5.04. The van der Waals surface area contributed by atoms with E-state index in [9.17, 15) is 21.6 Å². The van der Waals surface area contributed by atoms with Crippen LogP contribution < -0.4 is 5.32 Å². The summed E-state index contributed by atoms with van der Waals surface area (Å²) in [7, 11) is -3.64. The topological polar surface area (TPSA) is 46.2 Å². The van der Waals surface area contributed by atoms with E-state index in [-0.39, 0.29) is 17.0 Å². The molecule has 1 aliphatic rings. The summed E-state index contributed by atoms with van der Waals surface area (Å²) in [6.45, 7) is 1.94. The van der Waals surface area contributed by atoms with Gasteiger partial charge in [0.05, 0.1) is 10.6 Å². The molecule has 1 aromatic carbocycles. The van der Waals surface area contributed by atoms with E-state index in [4.69, 9.17) is 0 Å². The Morgan fingerprint density at radius 1 is 1.30 bits per heavy atom. The minimum atomic E-state index is -4.55. The summed E-state index contributed by atoms with van der Waals surface area (Å²) in [6.07, 6.45) is -4.50. The van der Waals surface area contributed by atoms with Crippen molar-refractivity contribution in [1.82, 2.24) is 5.32 Å². The molecule has 0 aliphatic carbocycles. The molecule has 2 rings (SSSR count). The van der Waals surface area contributed by atoms with Gasteiger partial charge in [-0.25, -0.2) is 8.42 Å². The molecule has 0 amide bonds. The second-order valence-corrected chi connectivity index (χ2v) is 6.97. The maximum atomic E-state index is 13.6. The van der Waals surface area contributed by atoms with Gasteiger partial charge in [0.1, 0.15) is 5.54 Å². The number of hydrogen-bond acceptors (Lipinski definition) is 3. The van der Waals surface area contributed by atoms with Gasteiger partial charge in [-0.05, 0) is 31.0 Å². The van der Waals surface area contributed by atoms with E-state index in [0.29, 0.717) is 6.42 Å². The lowest BCUT2D eigenvalue weighted by Crippen LogP contribution is -2.57. The summed E-state index contributed by atoms with van der Waals surface area (Å²) < 4.78 is 64.7. The third kappa shape index (κ3) is 2.33. The molecule has 7 heteroatoms. The first kappa shape index (κ1) is 15.3. The van der Waals surface area contributed by atoms with Crippen LogP contribution in [0.5, 0.6) is 0 Å². The van der Waals surface area contributed by atoms with Crippen molar-refractivity contribution < 1.29 is 21.6 Å². The smallest absolute Gasteiger partial charge is 0.300 e. The zero-order chi connectivity index (χ0) is 15.0. The first-order chi connectivity index (χ1) is 9.24. The van der Waals surface area contributed by atoms with Gasteiger partial charge < -0.3 is 0 Å². The van der Waals surface area contributed by atoms with Crippen LogP contribution in [0.1, 0.15) is 25.3 Å². The molecule has 20 heavy (non-hydrogen) atoms. The Kier molecular flexibility index (Phi) is 3.85. The van der Waals surface area contributed by atoms with Gasteiger partial charge in [-0.15, -0.1) is 0 Å². The van der Waals surface area contributed by atoms with Gasteiger partial charge >= 0.3 is 6.18 Å². The SMILES string of the molecule is CCCNC1(C(F)(F)F)CCS(=O)(=O)c2ccccc21. The molecule has 0 aromatic heterocycles. The number of nitrogens with one attached hydrogen (secondary N) is 1. The molecule has 0 bridgehead atoms. The molecule has 1 atom stereocenters. The van der Waals surface area contributed by atoms with E-state index < -0.39 is 33.7 Å². The Bertz CT molecular complexity index is 598. The molecular weight excluding hydrogens is 291 g/mol. The fourth-order valence-corrected chi connectivity index (χ4v) is 4.20. The molecule has 0 spiro atoms. The van der Waals surface area contributed by atoms with Gasteiger partial charge in [0.15, 0.2) is 9.84 Å². The van der Waals surface area contributed by atoms with Crippen molar-refractivity contribution in [3.63, 3.8) is 0 Å². The molecule has 1 N–H and O–H groups in total. The molecule has 3 nitrogen and oxygen atoms in total. The van der Waals surface area contributed by atoms with Crippen molar-refractivity contribution in [3.05, 3.63) is 29.8 Å². The van der Waals surface area contributed by atoms with Crippen LogP contribution in [0, 0.1) is 0 Å². The average molecular weight is 307 g/mol. The van der Waals surface area contributed by atoms with Crippen molar-refractivity contribution in [3.8, 4) is 0 Å². The predicted octanol–water partition coefficient (Wildman–Crippen LogP) is 2.62. The van der Waals surface area contributed by atoms with Crippen LogP contribution in [0.15, 0.2) is 29.2 Å². The van der Waals surface area contributed by atoms with Crippen molar-refractivity contribution in [2.45, 2.75) is 36.4 Å². The fourth-order valence-electron chi connectivity index (χ4n) is 2.54. The largest absolute Gasteiger partial charge is 0.410 e. The first-order valence-corrected chi connectivity index (χ1v) is 8.04. The highest BCUT2D eigenvalue weighted by atomic mass is 32.2. The molecule has 0 fully saturated rings. The van der Waals surface area contributed by atoms with E-state index in [1.54, 1.807) is 6.92 Å². The van der Waals surface area contributed by atoms with Gasteiger partial charge in [0.2, 0.25) is 0 Å². The summed E-state index contributed by atoms with van der Waals surface area (Å²) in [5.74, 6) is -0.500. The van der Waals surface area contributed by atoms with E-state index >= 15 is 0 Å². The maximum Gasteiger partial charge on any atom is 0.410 e. The average Bonchev–Trinajstić information content (AvgIpc) is 2.37. The van der Waals surface area contributed by atoms with Crippen LogP contribution in [-0.4, -0.2) is 26.9 Å². The molecule has 1 heterocycles.